The first-order valence-electron chi connectivity index (χ1n) is 9.36. The Hall–Kier alpha value is -2.54. The number of thioether (sulfide) groups is 1. The van der Waals surface area contributed by atoms with Crippen molar-refractivity contribution in [3.05, 3.63) is 52.4 Å². The van der Waals surface area contributed by atoms with E-state index in [0.29, 0.717) is 35.3 Å². The highest BCUT2D eigenvalue weighted by Gasteiger charge is 2.16. The zero-order valence-corrected chi connectivity index (χ0v) is 18.3. The van der Waals surface area contributed by atoms with Gasteiger partial charge in [-0.2, -0.15) is 11.8 Å². The van der Waals surface area contributed by atoms with Crippen molar-refractivity contribution in [2.75, 3.05) is 13.7 Å². The summed E-state index contributed by atoms with van der Waals surface area (Å²) in [5, 5.41) is 3.03. The number of nitrogens with zero attached hydrogens (tertiary/aromatic N) is 1. The minimum absolute atomic E-state index is 0.0547. The van der Waals surface area contributed by atoms with Crippen LogP contribution in [0.1, 0.15) is 38.8 Å². The van der Waals surface area contributed by atoms with Crippen molar-refractivity contribution in [2.24, 2.45) is 5.18 Å². The Balaban J connectivity index is 2.33. The molecule has 2 aromatic rings. The molecule has 6 nitrogen and oxygen atoms in total. The number of rotatable bonds is 9. The number of methoxy groups -OCH3 is 1. The summed E-state index contributed by atoms with van der Waals surface area (Å²) in [6.07, 6.45) is 0.148. The summed E-state index contributed by atoms with van der Waals surface area (Å²) in [5.74, 6) is 2.01. The normalized spacial score (nSPS) is 11.1. The van der Waals surface area contributed by atoms with Gasteiger partial charge in [0.1, 0.15) is 11.4 Å². The second-order valence-electron chi connectivity index (χ2n) is 7.35. The molecule has 29 heavy (non-hydrogen) atoms. The van der Waals surface area contributed by atoms with Crippen LogP contribution in [0.3, 0.4) is 0 Å². The maximum absolute atomic E-state index is 11.8. The predicted octanol–water partition coefficient (Wildman–Crippen LogP) is 6.02. The molecule has 0 radical (unpaired) electrons. The Morgan fingerprint density at radius 2 is 1.79 bits per heavy atom. The van der Waals surface area contributed by atoms with E-state index in [2.05, 4.69) is 25.9 Å². The molecule has 0 heterocycles. The van der Waals surface area contributed by atoms with Crippen LogP contribution in [0.4, 0.5) is 5.69 Å². The summed E-state index contributed by atoms with van der Waals surface area (Å²) in [6.45, 7) is 8.49. The fourth-order valence-corrected chi connectivity index (χ4v) is 3.35. The van der Waals surface area contributed by atoms with Crippen molar-refractivity contribution >= 4 is 23.4 Å². The van der Waals surface area contributed by atoms with Crippen LogP contribution in [0.15, 0.2) is 41.6 Å². The highest BCUT2D eigenvalue weighted by atomic mass is 32.2. The smallest absolute Gasteiger partial charge is 0.310 e. The molecule has 156 valence electrons. The molecular weight excluding hydrogens is 390 g/mol. The lowest BCUT2D eigenvalue weighted by Crippen LogP contribution is -2.08. The highest BCUT2D eigenvalue weighted by molar-refractivity contribution is 7.99. The Morgan fingerprint density at radius 3 is 2.41 bits per heavy atom. The maximum atomic E-state index is 11.8. The van der Waals surface area contributed by atoms with Gasteiger partial charge in [-0.05, 0) is 48.0 Å². The minimum Gasteiger partial charge on any atom is -0.493 e. The van der Waals surface area contributed by atoms with Crippen molar-refractivity contribution in [2.45, 2.75) is 44.6 Å². The van der Waals surface area contributed by atoms with Gasteiger partial charge in [-0.25, -0.2) is 0 Å². The summed E-state index contributed by atoms with van der Waals surface area (Å²) >= 11 is 1.74. The highest BCUT2D eigenvalue weighted by Crippen LogP contribution is 2.38. The van der Waals surface area contributed by atoms with E-state index in [1.54, 1.807) is 62.2 Å². The van der Waals surface area contributed by atoms with E-state index in [0.717, 1.165) is 11.1 Å². The fraction of sp³-hybridized carbons (Fsp3) is 0.409. The van der Waals surface area contributed by atoms with Gasteiger partial charge in [-0.3, -0.25) is 4.79 Å². The maximum Gasteiger partial charge on any atom is 0.310 e. The zero-order chi connectivity index (χ0) is 21.4. The van der Waals surface area contributed by atoms with Crippen LogP contribution in [0.2, 0.25) is 0 Å². The lowest BCUT2D eigenvalue weighted by molar-refractivity contribution is -0.142. The molecule has 0 atom stereocenters. The Kier molecular flexibility index (Phi) is 8.08. The molecule has 7 heteroatoms. The molecular formula is C22H27NO5S. The molecule has 0 saturated carbocycles. The number of ether oxygens (including phenoxy) is 3. The molecule has 0 aliphatic heterocycles. The average molecular weight is 418 g/mol. The largest absolute Gasteiger partial charge is 0.493 e. The van der Waals surface area contributed by atoms with Crippen molar-refractivity contribution in [1.29, 1.82) is 0 Å². The molecule has 2 rings (SSSR count). The second-order valence-corrected chi connectivity index (χ2v) is 9.16. The van der Waals surface area contributed by atoms with Crippen LogP contribution >= 0.6 is 11.8 Å². The molecule has 0 aliphatic rings. The quantitative estimate of drug-likeness (QED) is 0.367. The van der Waals surface area contributed by atoms with Gasteiger partial charge in [0.2, 0.25) is 0 Å². The van der Waals surface area contributed by atoms with Gasteiger partial charge >= 0.3 is 5.97 Å². The van der Waals surface area contributed by atoms with E-state index >= 15 is 0 Å². The van der Waals surface area contributed by atoms with Crippen LogP contribution < -0.4 is 9.47 Å². The lowest BCUT2D eigenvalue weighted by atomic mass is 10.1. The first kappa shape index (κ1) is 22.7. The third kappa shape index (κ3) is 7.09. The van der Waals surface area contributed by atoms with Crippen LogP contribution in [0.25, 0.3) is 0 Å². The number of esters is 1. The van der Waals surface area contributed by atoms with Crippen molar-refractivity contribution < 1.29 is 19.0 Å². The summed E-state index contributed by atoms with van der Waals surface area (Å²) < 4.78 is 16.6. The first-order chi connectivity index (χ1) is 13.8. The number of carbonyl (C=O) groups excluding carboxylic acids is 1. The van der Waals surface area contributed by atoms with Gasteiger partial charge in [-0.15, -0.1) is 4.91 Å². The Morgan fingerprint density at radius 1 is 1.07 bits per heavy atom. The van der Waals surface area contributed by atoms with Gasteiger partial charge < -0.3 is 14.2 Å². The number of hydrogen-bond donors (Lipinski definition) is 0. The molecule has 0 unspecified atom stereocenters. The van der Waals surface area contributed by atoms with Crippen molar-refractivity contribution in [3.8, 4) is 17.2 Å². The topological polar surface area (TPSA) is 74.2 Å². The van der Waals surface area contributed by atoms with Crippen molar-refractivity contribution in [1.82, 2.24) is 0 Å². The fourth-order valence-electron chi connectivity index (χ4n) is 2.54. The number of carbonyl (C=O) groups is 1. The van der Waals surface area contributed by atoms with E-state index in [9.17, 15) is 9.70 Å². The van der Waals surface area contributed by atoms with E-state index < -0.39 is 0 Å². The van der Waals surface area contributed by atoms with Gasteiger partial charge in [0.15, 0.2) is 11.5 Å². The third-order valence-electron chi connectivity index (χ3n) is 3.91. The van der Waals surface area contributed by atoms with Crippen LogP contribution in [0, 0.1) is 4.91 Å². The van der Waals surface area contributed by atoms with Gasteiger partial charge in [-0.1, -0.05) is 26.8 Å². The van der Waals surface area contributed by atoms with Crippen LogP contribution in [-0.2, 0) is 21.7 Å². The van der Waals surface area contributed by atoms with E-state index in [4.69, 9.17) is 14.2 Å². The monoisotopic (exact) mass is 417 g/mol. The predicted molar refractivity (Wildman–Crippen MR) is 116 cm³/mol. The van der Waals surface area contributed by atoms with Crippen LogP contribution in [0.5, 0.6) is 17.2 Å². The summed E-state index contributed by atoms with van der Waals surface area (Å²) in [7, 11) is 1.56. The number of nitroso groups, excluding NO2 is 1. The van der Waals surface area contributed by atoms with E-state index in [1.807, 2.05) is 0 Å². The third-order valence-corrected chi connectivity index (χ3v) is 5.23. The Bertz CT molecular complexity index is 861. The molecule has 0 amide bonds. The second kappa shape index (κ2) is 10.3. The molecule has 0 N–H and O–H groups in total. The van der Waals surface area contributed by atoms with Gasteiger partial charge in [0.05, 0.1) is 20.1 Å². The zero-order valence-electron chi connectivity index (χ0n) is 17.5. The minimum atomic E-state index is -0.299. The average Bonchev–Trinajstić information content (AvgIpc) is 2.67. The van der Waals surface area contributed by atoms with Crippen molar-refractivity contribution in [3.63, 3.8) is 0 Å². The molecule has 0 spiro atoms. The summed E-state index contributed by atoms with van der Waals surface area (Å²) in [5.41, 5.74) is 1.97. The van der Waals surface area contributed by atoms with E-state index in [1.165, 1.54) is 0 Å². The first-order valence-corrected chi connectivity index (χ1v) is 10.3. The van der Waals surface area contributed by atoms with E-state index in [-0.39, 0.29) is 17.1 Å². The lowest BCUT2D eigenvalue weighted by Gasteiger charge is -2.19. The molecule has 0 fully saturated rings. The SMILES string of the molecule is CCOC(=O)Cc1ccc(OC)c(Oc2ccc(N=O)cc2CSC(C)(C)C)c1. The molecule has 0 bridgehead atoms. The molecule has 0 aliphatic carbocycles. The standard InChI is InChI=1S/C22H27NO5S/c1-6-27-21(24)12-15-7-9-19(26-5)20(11-15)28-18-10-8-17(23-25)13-16(18)14-29-22(2,3)4/h7-11,13H,6,12,14H2,1-5H3. The van der Waals surface area contributed by atoms with Crippen LogP contribution in [-0.4, -0.2) is 24.4 Å². The summed E-state index contributed by atoms with van der Waals surface area (Å²) in [6, 6.07) is 10.4. The molecule has 0 aromatic heterocycles. The van der Waals surface area contributed by atoms with Gasteiger partial charge in [0.25, 0.3) is 0 Å². The number of benzene rings is 2. The Labute approximate surface area is 175 Å². The number of hydrogen-bond acceptors (Lipinski definition) is 7. The molecule has 0 saturated heterocycles. The summed E-state index contributed by atoms with van der Waals surface area (Å²) in [4.78, 5) is 22.8. The molecule has 2 aromatic carbocycles. The van der Waals surface area contributed by atoms with Gasteiger partial charge in [0, 0.05) is 16.1 Å².